The van der Waals surface area contributed by atoms with Crippen molar-refractivity contribution in [3.8, 4) is 5.75 Å². The lowest BCUT2D eigenvalue weighted by Gasteiger charge is -2.62. The van der Waals surface area contributed by atoms with Crippen LogP contribution in [-0.2, 0) is 30.3 Å². The number of epoxide rings is 1. The molecule has 212 valence electrons. The molecule has 6 rings (SSSR count). The van der Waals surface area contributed by atoms with Crippen LogP contribution in [0, 0.1) is 39.8 Å². The van der Waals surface area contributed by atoms with E-state index in [0.717, 1.165) is 19.3 Å². The van der Waals surface area contributed by atoms with Gasteiger partial charge in [0.05, 0.1) is 25.4 Å². The lowest BCUT2D eigenvalue weighted by molar-refractivity contribution is -0.214. The van der Waals surface area contributed by atoms with Crippen molar-refractivity contribution in [2.24, 2.45) is 34.0 Å². The van der Waals surface area contributed by atoms with E-state index in [-0.39, 0.29) is 52.9 Å². The van der Waals surface area contributed by atoms with Crippen LogP contribution in [-0.4, -0.2) is 60.5 Å². The maximum Gasteiger partial charge on any atom is 0.494 e. The van der Waals surface area contributed by atoms with Crippen molar-refractivity contribution in [2.45, 2.75) is 84.7 Å². The summed E-state index contributed by atoms with van der Waals surface area (Å²) in [7, 11) is -1.38. The number of hydrogen-bond acceptors (Lipinski definition) is 8. The molecule has 3 aliphatic carbocycles. The summed E-state index contributed by atoms with van der Waals surface area (Å²) >= 11 is 0. The molecule has 1 aromatic carbocycles. The Labute approximate surface area is 228 Å². The van der Waals surface area contributed by atoms with Gasteiger partial charge in [-0.05, 0) is 54.6 Å². The van der Waals surface area contributed by atoms with Crippen molar-refractivity contribution >= 4 is 24.3 Å². The van der Waals surface area contributed by atoms with Gasteiger partial charge in [-0.1, -0.05) is 33.8 Å². The minimum absolute atomic E-state index is 0.0174. The van der Waals surface area contributed by atoms with Crippen LogP contribution in [0.1, 0.15) is 65.4 Å². The van der Waals surface area contributed by atoms with Gasteiger partial charge >= 0.3 is 13.1 Å². The first-order chi connectivity index (χ1) is 18.4. The number of fused-ring (bicyclic) bond motifs is 1. The summed E-state index contributed by atoms with van der Waals surface area (Å²) in [6, 6.07) is 3.01. The third kappa shape index (κ3) is 3.92. The number of ketones is 1. The molecular weight excluding hydrogens is 506 g/mol. The van der Waals surface area contributed by atoms with Crippen LogP contribution in [0.15, 0.2) is 12.1 Å². The van der Waals surface area contributed by atoms with Crippen LogP contribution in [0.3, 0.4) is 0 Å². The number of ether oxygens (including phenoxy) is 3. The van der Waals surface area contributed by atoms with Crippen molar-refractivity contribution in [1.82, 2.24) is 0 Å². The molecule has 0 radical (unpaired) electrons. The van der Waals surface area contributed by atoms with Crippen LogP contribution in [0.25, 0.3) is 0 Å². The topological polar surface area (TPSA) is 115 Å². The van der Waals surface area contributed by atoms with Crippen molar-refractivity contribution < 1.29 is 43.0 Å². The minimum Gasteiger partial charge on any atom is -0.479 e. The molecule has 10 heteroatoms. The normalized spacial score (nSPS) is 42.8. The lowest BCUT2D eigenvalue weighted by atomic mass is 9.43. The predicted octanol–water partition coefficient (Wildman–Crippen LogP) is 2.54. The van der Waals surface area contributed by atoms with Crippen LogP contribution >= 0.6 is 0 Å². The number of halogens is 1. The molecule has 2 aliphatic heterocycles. The van der Waals surface area contributed by atoms with Gasteiger partial charge in [0, 0.05) is 28.6 Å². The lowest BCUT2D eigenvalue weighted by Crippen LogP contribution is -2.64. The Bertz CT molecular complexity index is 1190. The second-order valence-corrected chi connectivity index (χ2v) is 13.1. The van der Waals surface area contributed by atoms with E-state index in [1.54, 1.807) is 6.07 Å². The van der Waals surface area contributed by atoms with Gasteiger partial charge in [0.2, 0.25) is 0 Å². The standard InChI is InChI=1S/C29H38BFO8/c1-15-7-9-29-10-8-18(32)25(29)28(15,4)20(11-27(3,21-13-37-21)26(34)16(29)2)39-22(33)14-36-19-6-5-17-12-38-30(35)23(17)24(19)31/h5-6,15-16,20-21,25-26,34-35H,7-14H2,1-4H3/t15-,16+,20-,21+,25+,26+,27+,28+,29+/m1/s1. The Morgan fingerprint density at radius 3 is 2.72 bits per heavy atom. The highest BCUT2D eigenvalue weighted by Gasteiger charge is 2.70. The van der Waals surface area contributed by atoms with Gasteiger partial charge < -0.3 is 29.0 Å². The molecule has 0 unspecified atom stereocenters. The van der Waals surface area contributed by atoms with E-state index in [1.165, 1.54) is 6.07 Å². The van der Waals surface area contributed by atoms with Crippen molar-refractivity contribution in [1.29, 1.82) is 0 Å². The van der Waals surface area contributed by atoms with Crippen LogP contribution in [0.4, 0.5) is 4.39 Å². The number of Topliss-reactive ketones (excluding diaryl/α,β-unsaturated/α-hetero) is 1. The molecule has 1 saturated heterocycles. The first kappa shape index (κ1) is 27.2. The highest BCUT2D eigenvalue weighted by atomic mass is 19.1. The summed E-state index contributed by atoms with van der Waals surface area (Å²) in [6.07, 6.45) is 1.76. The number of rotatable bonds is 5. The Kier molecular flexibility index (Phi) is 6.45. The maximum absolute atomic E-state index is 15.0. The quantitative estimate of drug-likeness (QED) is 0.330. The number of esters is 1. The highest BCUT2D eigenvalue weighted by Crippen LogP contribution is 2.68. The largest absolute Gasteiger partial charge is 0.494 e. The molecule has 2 heterocycles. The van der Waals surface area contributed by atoms with Gasteiger partial charge in [0.1, 0.15) is 11.9 Å². The van der Waals surface area contributed by atoms with Crippen molar-refractivity contribution in [3.05, 3.63) is 23.5 Å². The summed E-state index contributed by atoms with van der Waals surface area (Å²) < 4.78 is 37.5. The maximum atomic E-state index is 15.0. The van der Waals surface area contributed by atoms with Crippen LogP contribution in [0.2, 0.25) is 0 Å². The first-order valence-electron chi connectivity index (χ1n) is 14.2. The highest BCUT2D eigenvalue weighted by molar-refractivity contribution is 6.61. The number of aliphatic hydroxyl groups is 1. The third-order valence-electron chi connectivity index (χ3n) is 11.4. The fourth-order valence-electron chi connectivity index (χ4n) is 8.75. The van der Waals surface area contributed by atoms with Gasteiger partial charge in [0.25, 0.3) is 0 Å². The first-order valence-corrected chi connectivity index (χ1v) is 14.2. The van der Waals surface area contributed by atoms with E-state index in [2.05, 4.69) is 20.8 Å². The molecule has 5 aliphatic rings. The summed E-state index contributed by atoms with van der Waals surface area (Å²) in [5, 5.41) is 21.7. The zero-order chi connectivity index (χ0) is 27.9. The smallest absolute Gasteiger partial charge is 0.479 e. The average Bonchev–Trinajstić information content (AvgIpc) is 3.62. The van der Waals surface area contributed by atoms with E-state index in [9.17, 15) is 24.1 Å². The van der Waals surface area contributed by atoms with Crippen LogP contribution in [0.5, 0.6) is 5.75 Å². The SMILES string of the molecule is C[C@@H]1CC[C@@]23CCC(=O)[C@H]2[C@]1(C)[C@H](OC(=O)COc1ccc2c(c1F)B(O)OC2)C[C@@](C)([C@@H]1CO1)[C@@H](O)[C@@H]3C. The monoisotopic (exact) mass is 544 g/mol. The van der Waals surface area contributed by atoms with Gasteiger partial charge in [-0.3, -0.25) is 4.79 Å². The average molecular weight is 544 g/mol. The fraction of sp³-hybridized carbons (Fsp3) is 0.724. The second kappa shape index (κ2) is 9.26. The van der Waals surface area contributed by atoms with Crippen molar-refractivity contribution in [3.63, 3.8) is 0 Å². The number of aliphatic hydroxyl groups excluding tert-OH is 1. The van der Waals surface area contributed by atoms with E-state index in [0.29, 0.717) is 25.0 Å². The van der Waals surface area contributed by atoms with Crippen LogP contribution < -0.4 is 10.2 Å². The Morgan fingerprint density at radius 1 is 1.26 bits per heavy atom. The Morgan fingerprint density at radius 2 is 2.00 bits per heavy atom. The molecular formula is C29H38BFO8. The molecule has 0 amide bonds. The molecule has 0 aromatic heterocycles. The number of carbonyl (C=O) groups excluding carboxylic acids is 2. The number of carbonyl (C=O) groups is 2. The number of benzene rings is 1. The van der Waals surface area contributed by atoms with Gasteiger partial charge in [0.15, 0.2) is 18.2 Å². The molecule has 2 N–H and O–H groups in total. The fourth-order valence-corrected chi connectivity index (χ4v) is 8.75. The van der Waals surface area contributed by atoms with E-state index < -0.39 is 48.5 Å². The van der Waals surface area contributed by atoms with Crippen molar-refractivity contribution in [2.75, 3.05) is 13.2 Å². The zero-order valence-corrected chi connectivity index (χ0v) is 23.1. The predicted molar refractivity (Wildman–Crippen MR) is 138 cm³/mol. The third-order valence-corrected chi connectivity index (χ3v) is 11.4. The van der Waals surface area contributed by atoms with Gasteiger partial charge in [-0.2, -0.15) is 0 Å². The van der Waals surface area contributed by atoms with Gasteiger partial charge in [-0.15, -0.1) is 0 Å². The van der Waals surface area contributed by atoms with E-state index in [1.807, 2.05) is 6.92 Å². The summed E-state index contributed by atoms with van der Waals surface area (Å²) in [5.74, 6) is -1.73. The Hall–Kier alpha value is -2.01. The van der Waals surface area contributed by atoms with E-state index >= 15 is 0 Å². The Balaban J connectivity index is 1.30. The molecule has 1 aromatic rings. The zero-order valence-electron chi connectivity index (χ0n) is 23.1. The molecule has 8 nitrogen and oxygen atoms in total. The minimum atomic E-state index is -1.38. The second-order valence-electron chi connectivity index (χ2n) is 13.1. The summed E-state index contributed by atoms with van der Waals surface area (Å²) in [5.41, 5.74) is -1.10. The number of hydrogen-bond donors (Lipinski definition) is 2. The molecule has 3 saturated carbocycles. The van der Waals surface area contributed by atoms with E-state index in [4.69, 9.17) is 18.9 Å². The molecule has 9 atom stereocenters. The summed E-state index contributed by atoms with van der Waals surface area (Å²) in [6.45, 7) is 8.41. The summed E-state index contributed by atoms with van der Waals surface area (Å²) in [4.78, 5) is 26.8. The molecule has 4 fully saturated rings. The van der Waals surface area contributed by atoms with Gasteiger partial charge in [-0.25, -0.2) is 9.18 Å². The molecule has 0 spiro atoms. The molecule has 2 bridgehead atoms. The molecule has 39 heavy (non-hydrogen) atoms.